The van der Waals surface area contributed by atoms with E-state index in [2.05, 4.69) is 10.3 Å². The van der Waals surface area contributed by atoms with Gasteiger partial charge in [0.25, 0.3) is 0 Å². The van der Waals surface area contributed by atoms with Crippen LogP contribution in [0.1, 0.15) is 6.42 Å². The van der Waals surface area contributed by atoms with Gasteiger partial charge < -0.3 is 26.3 Å². The number of anilines is 2. The highest BCUT2D eigenvalue weighted by molar-refractivity contribution is 6.05. The van der Waals surface area contributed by atoms with Crippen molar-refractivity contribution < 1.29 is 9.47 Å². The van der Waals surface area contributed by atoms with Crippen molar-refractivity contribution in [3.05, 3.63) is 18.3 Å². The third kappa shape index (κ3) is 2.55. The van der Waals surface area contributed by atoms with Gasteiger partial charge in [-0.1, -0.05) is 0 Å². The van der Waals surface area contributed by atoms with E-state index in [1.807, 2.05) is 6.07 Å². The fourth-order valence-electron chi connectivity index (χ4n) is 2.14. The number of nitrogen functional groups attached to an aromatic ring is 1. The molecule has 2 aromatic rings. The molecule has 0 atom stereocenters. The van der Waals surface area contributed by atoms with E-state index in [0.29, 0.717) is 23.7 Å². The van der Waals surface area contributed by atoms with E-state index in [1.54, 1.807) is 26.5 Å². The van der Waals surface area contributed by atoms with Crippen molar-refractivity contribution in [1.29, 1.82) is 0 Å². The fourth-order valence-corrected chi connectivity index (χ4v) is 2.14. The average Bonchev–Trinajstić information content (AvgIpc) is 2.47. The lowest BCUT2D eigenvalue weighted by Gasteiger charge is -2.16. The number of aromatic nitrogens is 1. The maximum Gasteiger partial charge on any atom is 0.172 e. The molecule has 20 heavy (non-hydrogen) atoms. The maximum absolute atomic E-state index is 6.07. The lowest BCUT2D eigenvalue weighted by Crippen LogP contribution is -2.10. The molecule has 6 nitrogen and oxygen atoms in total. The molecule has 2 rings (SSSR count). The van der Waals surface area contributed by atoms with Gasteiger partial charge in [-0.25, -0.2) is 4.98 Å². The Labute approximate surface area is 118 Å². The molecule has 5 N–H and O–H groups in total. The number of hydrogen-bond acceptors (Lipinski definition) is 6. The van der Waals surface area contributed by atoms with E-state index in [0.717, 1.165) is 29.6 Å². The highest BCUT2D eigenvalue weighted by Crippen LogP contribution is 2.41. The van der Waals surface area contributed by atoms with Gasteiger partial charge in [-0.05, 0) is 19.0 Å². The zero-order valence-electron chi connectivity index (χ0n) is 11.8. The first-order valence-corrected chi connectivity index (χ1v) is 6.46. The number of rotatable bonds is 6. The van der Waals surface area contributed by atoms with Crippen LogP contribution in [0, 0.1) is 0 Å². The van der Waals surface area contributed by atoms with Crippen LogP contribution in [0.15, 0.2) is 18.3 Å². The first-order chi connectivity index (χ1) is 9.72. The van der Waals surface area contributed by atoms with Gasteiger partial charge in [0.2, 0.25) is 0 Å². The second-order valence-corrected chi connectivity index (χ2v) is 4.35. The van der Waals surface area contributed by atoms with Gasteiger partial charge in [0.05, 0.1) is 19.6 Å². The number of ether oxygens (including phenoxy) is 2. The summed E-state index contributed by atoms with van der Waals surface area (Å²) in [6.45, 7) is 1.36. The Morgan fingerprint density at radius 3 is 2.75 bits per heavy atom. The smallest absolute Gasteiger partial charge is 0.172 e. The Morgan fingerprint density at radius 1 is 1.30 bits per heavy atom. The van der Waals surface area contributed by atoms with E-state index >= 15 is 0 Å². The quantitative estimate of drug-likeness (QED) is 0.548. The van der Waals surface area contributed by atoms with Crippen molar-refractivity contribution in [2.45, 2.75) is 6.42 Å². The van der Waals surface area contributed by atoms with Gasteiger partial charge in [0, 0.05) is 29.9 Å². The van der Waals surface area contributed by atoms with Crippen molar-refractivity contribution in [1.82, 2.24) is 4.98 Å². The van der Waals surface area contributed by atoms with Crippen LogP contribution in [-0.2, 0) is 0 Å². The lowest BCUT2D eigenvalue weighted by atomic mass is 10.1. The Kier molecular flexibility index (Phi) is 4.47. The van der Waals surface area contributed by atoms with E-state index < -0.39 is 0 Å². The number of nitrogens with two attached hydrogens (primary N) is 2. The van der Waals surface area contributed by atoms with Crippen LogP contribution < -0.4 is 26.3 Å². The number of fused-ring (bicyclic) bond motifs is 1. The minimum absolute atomic E-state index is 0.590. The third-order valence-corrected chi connectivity index (χ3v) is 3.10. The monoisotopic (exact) mass is 276 g/mol. The molecule has 0 radical (unpaired) electrons. The number of nitrogens with zero attached hydrogens (tertiary/aromatic N) is 1. The molecule has 0 spiro atoms. The standard InChI is InChI=1S/C14H20N4O2/c1-19-11-8-10(16)9-4-7-18-14(17-6-3-5-15)12(9)13(11)20-2/h4,7-8H,3,5-6,15-16H2,1-2H3,(H,17,18). The molecule has 1 aromatic carbocycles. The number of pyridine rings is 1. The zero-order valence-corrected chi connectivity index (χ0v) is 11.8. The number of hydrogen-bond donors (Lipinski definition) is 3. The molecule has 108 valence electrons. The van der Waals surface area contributed by atoms with Gasteiger partial charge in [-0.2, -0.15) is 0 Å². The summed E-state index contributed by atoms with van der Waals surface area (Å²) >= 11 is 0. The minimum Gasteiger partial charge on any atom is -0.493 e. The third-order valence-electron chi connectivity index (χ3n) is 3.10. The van der Waals surface area contributed by atoms with Gasteiger partial charge in [0.15, 0.2) is 11.5 Å². The molecule has 0 aliphatic heterocycles. The first-order valence-electron chi connectivity index (χ1n) is 6.46. The van der Waals surface area contributed by atoms with E-state index in [-0.39, 0.29) is 0 Å². The molecule has 0 saturated heterocycles. The Balaban J connectivity index is 2.60. The molecule has 0 saturated carbocycles. The summed E-state index contributed by atoms with van der Waals surface area (Å²) in [6, 6.07) is 3.62. The van der Waals surface area contributed by atoms with Gasteiger partial charge >= 0.3 is 0 Å². The van der Waals surface area contributed by atoms with Crippen molar-refractivity contribution >= 4 is 22.3 Å². The van der Waals surface area contributed by atoms with Crippen LogP contribution in [0.5, 0.6) is 11.5 Å². The Bertz CT molecular complexity index is 601. The summed E-state index contributed by atoms with van der Waals surface area (Å²) in [6.07, 6.45) is 2.58. The van der Waals surface area contributed by atoms with Gasteiger partial charge in [-0.3, -0.25) is 0 Å². The van der Waals surface area contributed by atoms with E-state index in [9.17, 15) is 0 Å². The number of methoxy groups -OCH3 is 2. The highest BCUT2D eigenvalue weighted by atomic mass is 16.5. The molecule has 6 heteroatoms. The van der Waals surface area contributed by atoms with Crippen LogP contribution in [0.3, 0.4) is 0 Å². The van der Waals surface area contributed by atoms with Crippen molar-refractivity contribution in [3.63, 3.8) is 0 Å². The topological polar surface area (TPSA) is 95.4 Å². The molecule has 1 heterocycles. The molecule has 0 fully saturated rings. The molecule has 0 amide bonds. The highest BCUT2D eigenvalue weighted by Gasteiger charge is 2.16. The molecule has 0 aliphatic rings. The predicted molar refractivity (Wildman–Crippen MR) is 81.4 cm³/mol. The molecule has 1 aromatic heterocycles. The Morgan fingerprint density at radius 2 is 2.10 bits per heavy atom. The summed E-state index contributed by atoms with van der Waals surface area (Å²) < 4.78 is 10.8. The number of benzene rings is 1. The summed E-state index contributed by atoms with van der Waals surface area (Å²) in [4.78, 5) is 4.36. The van der Waals surface area contributed by atoms with Crippen LogP contribution in [0.4, 0.5) is 11.5 Å². The van der Waals surface area contributed by atoms with Crippen LogP contribution in [0.2, 0.25) is 0 Å². The zero-order chi connectivity index (χ0) is 14.5. The summed E-state index contributed by atoms with van der Waals surface area (Å²) in [5, 5.41) is 4.96. The second kappa shape index (κ2) is 6.29. The normalized spacial score (nSPS) is 10.6. The lowest BCUT2D eigenvalue weighted by molar-refractivity contribution is 0.359. The second-order valence-electron chi connectivity index (χ2n) is 4.35. The van der Waals surface area contributed by atoms with Crippen molar-refractivity contribution in [2.75, 3.05) is 38.4 Å². The van der Waals surface area contributed by atoms with Crippen molar-refractivity contribution in [3.8, 4) is 11.5 Å². The van der Waals surface area contributed by atoms with E-state index in [4.69, 9.17) is 20.9 Å². The summed E-state index contributed by atoms with van der Waals surface area (Å²) in [5.41, 5.74) is 12.2. The molecular formula is C14H20N4O2. The molecule has 0 unspecified atom stereocenters. The Hall–Kier alpha value is -2.21. The van der Waals surface area contributed by atoms with Crippen LogP contribution in [0.25, 0.3) is 10.8 Å². The minimum atomic E-state index is 0.590. The number of nitrogens with one attached hydrogen (secondary N) is 1. The molecular weight excluding hydrogens is 256 g/mol. The average molecular weight is 276 g/mol. The maximum atomic E-state index is 6.07. The molecule has 0 bridgehead atoms. The first kappa shape index (κ1) is 14.2. The predicted octanol–water partition coefficient (Wildman–Crippen LogP) is 1.59. The van der Waals surface area contributed by atoms with Crippen LogP contribution >= 0.6 is 0 Å². The van der Waals surface area contributed by atoms with Gasteiger partial charge in [-0.15, -0.1) is 0 Å². The molecule has 0 aliphatic carbocycles. The summed E-state index contributed by atoms with van der Waals surface area (Å²) in [7, 11) is 3.19. The van der Waals surface area contributed by atoms with Crippen molar-refractivity contribution in [2.24, 2.45) is 5.73 Å². The largest absolute Gasteiger partial charge is 0.493 e. The fraction of sp³-hybridized carbons (Fsp3) is 0.357. The SMILES string of the molecule is COc1cc(N)c2ccnc(NCCCN)c2c1OC. The summed E-state index contributed by atoms with van der Waals surface area (Å²) in [5.74, 6) is 1.94. The van der Waals surface area contributed by atoms with Gasteiger partial charge in [0.1, 0.15) is 5.82 Å². The van der Waals surface area contributed by atoms with Crippen LogP contribution in [-0.4, -0.2) is 32.3 Å². The van der Waals surface area contributed by atoms with E-state index in [1.165, 1.54) is 0 Å².